The minimum absolute atomic E-state index is 0.0453. The Bertz CT molecular complexity index is 594. The molecule has 2 aromatic rings. The highest BCUT2D eigenvalue weighted by Gasteiger charge is 2.15. The topological polar surface area (TPSA) is 40.5 Å². The highest BCUT2D eigenvalue weighted by molar-refractivity contribution is 5.82. The largest absolute Gasteiger partial charge is 0.481 e. The highest BCUT2D eigenvalue weighted by Crippen LogP contribution is 2.18. The number of hydrogen-bond acceptors (Lipinski definition) is 2. The van der Waals surface area contributed by atoms with Crippen LogP contribution in [0.25, 0.3) is 10.8 Å². The van der Waals surface area contributed by atoms with Gasteiger partial charge in [-0.25, -0.2) is 0 Å². The average molecular weight is 271 g/mol. The number of aliphatic carboxylic acids is 1. The molecule has 3 heteroatoms. The van der Waals surface area contributed by atoms with Crippen LogP contribution in [0.1, 0.15) is 25.8 Å². The van der Waals surface area contributed by atoms with Gasteiger partial charge in [-0.1, -0.05) is 43.3 Å². The van der Waals surface area contributed by atoms with Crippen LogP contribution < -0.4 is 0 Å². The Morgan fingerprint density at radius 2 is 1.90 bits per heavy atom. The van der Waals surface area contributed by atoms with E-state index >= 15 is 0 Å². The molecule has 0 bridgehead atoms. The lowest BCUT2D eigenvalue weighted by atomic mass is 10.1. The molecular formula is C17H21NO2. The Labute approximate surface area is 119 Å². The second kappa shape index (κ2) is 6.53. The van der Waals surface area contributed by atoms with Gasteiger partial charge in [0.1, 0.15) is 0 Å². The summed E-state index contributed by atoms with van der Waals surface area (Å²) in [7, 11) is 0. The van der Waals surface area contributed by atoms with Crippen LogP contribution in [0.3, 0.4) is 0 Å². The van der Waals surface area contributed by atoms with E-state index < -0.39 is 5.97 Å². The summed E-state index contributed by atoms with van der Waals surface area (Å²) in [5, 5.41) is 11.4. The smallest absolute Gasteiger partial charge is 0.304 e. The van der Waals surface area contributed by atoms with E-state index in [2.05, 4.69) is 42.2 Å². The first-order valence-electron chi connectivity index (χ1n) is 7.03. The second-order valence-electron chi connectivity index (χ2n) is 5.19. The van der Waals surface area contributed by atoms with Crippen molar-refractivity contribution in [1.82, 2.24) is 4.90 Å². The molecular weight excluding hydrogens is 250 g/mol. The van der Waals surface area contributed by atoms with E-state index in [1.54, 1.807) is 0 Å². The lowest BCUT2D eigenvalue weighted by Crippen LogP contribution is -2.34. The third kappa shape index (κ3) is 3.58. The normalized spacial score (nSPS) is 12.8. The maximum absolute atomic E-state index is 10.8. The zero-order valence-electron chi connectivity index (χ0n) is 12.0. The molecule has 1 N–H and O–H groups in total. The van der Waals surface area contributed by atoms with Crippen molar-refractivity contribution >= 4 is 16.7 Å². The van der Waals surface area contributed by atoms with Crippen molar-refractivity contribution in [3.05, 3.63) is 48.0 Å². The van der Waals surface area contributed by atoms with Gasteiger partial charge in [0.2, 0.25) is 0 Å². The maximum atomic E-state index is 10.8. The quantitative estimate of drug-likeness (QED) is 0.873. The van der Waals surface area contributed by atoms with Gasteiger partial charge in [-0.3, -0.25) is 9.69 Å². The molecule has 0 aliphatic rings. The van der Waals surface area contributed by atoms with E-state index in [4.69, 9.17) is 5.11 Å². The summed E-state index contributed by atoms with van der Waals surface area (Å²) in [5.74, 6) is -0.741. The molecule has 1 unspecified atom stereocenters. The van der Waals surface area contributed by atoms with E-state index in [0.717, 1.165) is 13.1 Å². The molecule has 2 rings (SSSR count). The number of carbonyl (C=O) groups is 1. The molecule has 0 amide bonds. The van der Waals surface area contributed by atoms with Gasteiger partial charge in [0.15, 0.2) is 0 Å². The zero-order valence-corrected chi connectivity index (χ0v) is 12.0. The van der Waals surface area contributed by atoms with Crippen LogP contribution in [0, 0.1) is 0 Å². The SMILES string of the molecule is CCN(Cc1ccc2ccccc2c1)C(C)CC(=O)O. The van der Waals surface area contributed by atoms with Gasteiger partial charge in [0.25, 0.3) is 0 Å². The molecule has 1 atom stereocenters. The van der Waals surface area contributed by atoms with E-state index in [9.17, 15) is 4.79 Å². The molecule has 0 heterocycles. The van der Waals surface area contributed by atoms with Gasteiger partial charge >= 0.3 is 5.97 Å². The third-order valence-corrected chi connectivity index (χ3v) is 3.70. The Morgan fingerprint density at radius 1 is 1.20 bits per heavy atom. The predicted molar refractivity (Wildman–Crippen MR) is 81.7 cm³/mol. The highest BCUT2D eigenvalue weighted by atomic mass is 16.4. The van der Waals surface area contributed by atoms with Crippen LogP contribution in [0.15, 0.2) is 42.5 Å². The molecule has 0 radical (unpaired) electrons. The molecule has 0 aliphatic heterocycles. The van der Waals surface area contributed by atoms with Gasteiger partial charge in [0.05, 0.1) is 6.42 Å². The maximum Gasteiger partial charge on any atom is 0.304 e. The summed E-state index contributed by atoms with van der Waals surface area (Å²) in [5.41, 5.74) is 1.22. The fourth-order valence-electron chi connectivity index (χ4n) is 2.53. The number of nitrogens with zero attached hydrogens (tertiary/aromatic N) is 1. The molecule has 0 aliphatic carbocycles. The molecule has 0 spiro atoms. The molecule has 2 aromatic carbocycles. The van der Waals surface area contributed by atoms with Gasteiger partial charge < -0.3 is 5.11 Å². The minimum atomic E-state index is -0.741. The number of hydrogen-bond donors (Lipinski definition) is 1. The van der Waals surface area contributed by atoms with Crippen LogP contribution in [-0.2, 0) is 11.3 Å². The van der Waals surface area contributed by atoms with E-state index in [1.165, 1.54) is 16.3 Å². The molecule has 20 heavy (non-hydrogen) atoms. The number of rotatable bonds is 6. The van der Waals surface area contributed by atoms with Crippen molar-refractivity contribution in [2.75, 3.05) is 6.54 Å². The van der Waals surface area contributed by atoms with Gasteiger partial charge in [-0.2, -0.15) is 0 Å². The number of carboxylic acids is 1. The zero-order chi connectivity index (χ0) is 14.5. The van der Waals surface area contributed by atoms with Crippen molar-refractivity contribution in [2.45, 2.75) is 32.9 Å². The van der Waals surface area contributed by atoms with Crippen molar-refractivity contribution < 1.29 is 9.90 Å². The van der Waals surface area contributed by atoms with Crippen molar-refractivity contribution in [3.8, 4) is 0 Å². The first-order valence-corrected chi connectivity index (χ1v) is 7.03. The summed E-state index contributed by atoms with van der Waals surface area (Å²) in [6, 6.07) is 14.8. The lowest BCUT2D eigenvalue weighted by Gasteiger charge is -2.26. The van der Waals surface area contributed by atoms with Crippen molar-refractivity contribution in [2.24, 2.45) is 0 Å². The van der Waals surface area contributed by atoms with E-state index in [1.807, 2.05) is 19.1 Å². The first kappa shape index (κ1) is 14.5. The Balaban J connectivity index is 2.14. The fraction of sp³-hybridized carbons (Fsp3) is 0.353. The fourth-order valence-corrected chi connectivity index (χ4v) is 2.53. The summed E-state index contributed by atoms with van der Waals surface area (Å²) in [6.07, 6.45) is 0.182. The molecule has 3 nitrogen and oxygen atoms in total. The summed E-state index contributed by atoms with van der Waals surface area (Å²) in [4.78, 5) is 13.0. The second-order valence-corrected chi connectivity index (χ2v) is 5.19. The minimum Gasteiger partial charge on any atom is -0.481 e. The van der Waals surface area contributed by atoms with Crippen LogP contribution in [0.5, 0.6) is 0 Å². The summed E-state index contributed by atoms with van der Waals surface area (Å²) in [6.45, 7) is 5.68. The summed E-state index contributed by atoms with van der Waals surface area (Å²) >= 11 is 0. The summed E-state index contributed by atoms with van der Waals surface area (Å²) < 4.78 is 0. The number of benzene rings is 2. The first-order chi connectivity index (χ1) is 9.60. The standard InChI is InChI=1S/C17H21NO2/c1-3-18(13(2)10-17(19)20)12-14-8-9-15-6-4-5-7-16(15)11-14/h4-9,11,13H,3,10,12H2,1-2H3,(H,19,20). The van der Waals surface area contributed by atoms with Crippen LogP contribution in [-0.4, -0.2) is 28.6 Å². The Kier molecular flexibility index (Phi) is 4.74. The van der Waals surface area contributed by atoms with Gasteiger partial charge in [-0.15, -0.1) is 0 Å². The predicted octanol–water partition coefficient (Wildman–Crippen LogP) is 3.52. The Morgan fingerprint density at radius 3 is 2.55 bits per heavy atom. The van der Waals surface area contributed by atoms with Crippen molar-refractivity contribution in [1.29, 1.82) is 0 Å². The molecule has 0 saturated carbocycles. The molecule has 0 saturated heterocycles. The number of carboxylic acid groups (broad SMARTS) is 1. The van der Waals surface area contributed by atoms with Gasteiger partial charge in [-0.05, 0) is 35.9 Å². The van der Waals surface area contributed by atoms with Crippen LogP contribution in [0.4, 0.5) is 0 Å². The monoisotopic (exact) mass is 271 g/mol. The van der Waals surface area contributed by atoms with Crippen molar-refractivity contribution in [3.63, 3.8) is 0 Å². The van der Waals surface area contributed by atoms with Crippen LogP contribution in [0.2, 0.25) is 0 Å². The Hall–Kier alpha value is -1.87. The van der Waals surface area contributed by atoms with E-state index in [-0.39, 0.29) is 12.5 Å². The molecule has 0 aromatic heterocycles. The average Bonchev–Trinajstić information content (AvgIpc) is 2.43. The van der Waals surface area contributed by atoms with Gasteiger partial charge in [0, 0.05) is 12.6 Å². The lowest BCUT2D eigenvalue weighted by molar-refractivity contribution is -0.138. The van der Waals surface area contributed by atoms with Crippen LogP contribution >= 0.6 is 0 Å². The number of fused-ring (bicyclic) bond motifs is 1. The third-order valence-electron chi connectivity index (χ3n) is 3.70. The molecule has 0 fully saturated rings. The van der Waals surface area contributed by atoms with E-state index in [0.29, 0.717) is 0 Å². The molecule has 106 valence electrons.